The lowest BCUT2D eigenvalue weighted by Gasteiger charge is -2.08. The fourth-order valence-electron chi connectivity index (χ4n) is 0.935. The van der Waals surface area contributed by atoms with Gasteiger partial charge in [0.25, 0.3) is 0 Å². The van der Waals surface area contributed by atoms with Crippen LogP contribution in [0.1, 0.15) is 31.9 Å². The maximum absolute atomic E-state index is 13.2. The normalized spacial score (nSPS) is 12.9. The number of hydrogen-bond donors (Lipinski definition) is 1. The minimum atomic E-state index is -0.480. The Morgan fingerprint density at radius 2 is 2.25 bits per heavy atom. The number of rotatable bonds is 2. The summed E-state index contributed by atoms with van der Waals surface area (Å²) in [6.07, 6.45) is 2.13. The average Bonchev–Trinajstić information content (AvgIpc) is 2.08. The highest BCUT2D eigenvalue weighted by Gasteiger charge is 2.13. The summed E-state index contributed by atoms with van der Waals surface area (Å²) in [5.41, 5.74) is 5.69. The van der Waals surface area contributed by atoms with E-state index in [1.807, 2.05) is 13.8 Å². The van der Waals surface area contributed by atoms with E-state index in [2.05, 4.69) is 9.97 Å². The van der Waals surface area contributed by atoms with Crippen molar-refractivity contribution in [1.29, 1.82) is 0 Å². The Bertz CT molecular complexity index is 275. The first-order valence-corrected chi connectivity index (χ1v) is 3.92. The first-order valence-electron chi connectivity index (χ1n) is 3.92. The zero-order valence-corrected chi connectivity index (χ0v) is 7.21. The van der Waals surface area contributed by atoms with Crippen molar-refractivity contribution >= 4 is 5.82 Å². The van der Waals surface area contributed by atoms with Gasteiger partial charge in [0, 0.05) is 5.92 Å². The van der Waals surface area contributed by atoms with Gasteiger partial charge in [0.1, 0.15) is 6.33 Å². The van der Waals surface area contributed by atoms with E-state index in [1.165, 1.54) is 6.33 Å². The first-order chi connectivity index (χ1) is 5.66. The third-order valence-electron chi connectivity index (χ3n) is 1.92. The average molecular weight is 169 g/mol. The quantitative estimate of drug-likeness (QED) is 0.733. The monoisotopic (exact) mass is 169 g/mol. The Kier molecular flexibility index (Phi) is 2.58. The zero-order chi connectivity index (χ0) is 9.14. The molecule has 66 valence electrons. The van der Waals surface area contributed by atoms with Crippen molar-refractivity contribution in [2.75, 3.05) is 5.73 Å². The number of halogens is 1. The third kappa shape index (κ3) is 1.52. The van der Waals surface area contributed by atoms with Crippen LogP contribution in [0.15, 0.2) is 6.33 Å². The SMILES string of the molecule is CCC(C)c1ncnc(N)c1F. The largest absolute Gasteiger partial charge is 0.381 e. The molecule has 0 saturated carbocycles. The molecule has 1 aromatic heterocycles. The van der Waals surface area contributed by atoms with Gasteiger partial charge in [-0.25, -0.2) is 14.4 Å². The van der Waals surface area contributed by atoms with Gasteiger partial charge in [-0.3, -0.25) is 0 Å². The predicted molar refractivity (Wildman–Crippen MR) is 45.1 cm³/mol. The summed E-state index contributed by atoms with van der Waals surface area (Å²) < 4.78 is 13.2. The highest BCUT2D eigenvalue weighted by molar-refractivity contribution is 5.32. The van der Waals surface area contributed by atoms with E-state index in [-0.39, 0.29) is 11.7 Å². The van der Waals surface area contributed by atoms with Crippen molar-refractivity contribution in [3.05, 3.63) is 17.8 Å². The van der Waals surface area contributed by atoms with Crippen molar-refractivity contribution in [2.45, 2.75) is 26.2 Å². The number of nitrogens with zero attached hydrogens (tertiary/aromatic N) is 2. The van der Waals surface area contributed by atoms with Crippen LogP contribution in [0.5, 0.6) is 0 Å². The number of nitrogens with two attached hydrogens (primary N) is 1. The van der Waals surface area contributed by atoms with Crippen molar-refractivity contribution in [1.82, 2.24) is 9.97 Å². The molecule has 1 aromatic rings. The van der Waals surface area contributed by atoms with Gasteiger partial charge in [-0.2, -0.15) is 0 Å². The van der Waals surface area contributed by atoms with Crippen LogP contribution in [0.25, 0.3) is 0 Å². The second kappa shape index (κ2) is 3.47. The molecule has 0 amide bonds. The van der Waals surface area contributed by atoms with E-state index >= 15 is 0 Å². The van der Waals surface area contributed by atoms with Gasteiger partial charge in [-0.1, -0.05) is 13.8 Å². The van der Waals surface area contributed by atoms with Gasteiger partial charge in [0.05, 0.1) is 5.69 Å². The maximum Gasteiger partial charge on any atom is 0.186 e. The summed E-state index contributed by atoms with van der Waals surface area (Å²) in [6.45, 7) is 3.88. The molecule has 0 aliphatic carbocycles. The summed E-state index contributed by atoms with van der Waals surface area (Å²) in [6, 6.07) is 0. The number of nitrogen functional groups attached to an aromatic ring is 1. The molecule has 0 spiro atoms. The molecule has 2 N–H and O–H groups in total. The minimum Gasteiger partial charge on any atom is -0.381 e. The molecule has 0 aliphatic heterocycles. The summed E-state index contributed by atoms with van der Waals surface area (Å²) in [4.78, 5) is 7.39. The lowest BCUT2D eigenvalue weighted by atomic mass is 10.0. The van der Waals surface area contributed by atoms with Crippen molar-refractivity contribution < 1.29 is 4.39 Å². The second-order valence-corrected chi connectivity index (χ2v) is 2.77. The topological polar surface area (TPSA) is 51.8 Å². The number of hydrogen-bond acceptors (Lipinski definition) is 3. The molecule has 12 heavy (non-hydrogen) atoms. The third-order valence-corrected chi connectivity index (χ3v) is 1.92. The lowest BCUT2D eigenvalue weighted by Crippen LogP contribution is -2.05. The van der Waals surface area contributed by atoms with Gasteiger partial charge >= 0.3 is 0 Å². The van der Waals surface area contributed by atoms with E-state index in [4.69, 9.17) is 5.73 Å². The first kappa shape index (κ1) is 8.90. The van der Waals surface area contributed by atoms with Crippen molar-refractivity contribution in [3.63, 3.8) is 0 Å². The molecular formula is C8H12FN3. The van der Waals surface area contributed by atoms with Crippen LogP contribution >= 0.6 is 0 Å². The van der Waals surface area contributed by atoms with Crippen LogP contribution in [0.2, 0.25) is 0 Å². The zero-order valence-electron chi connectivity index (χ0n) is 7.21. The van der Waals surface area contributed by atoms with Crippen LogP contribution in [-0.2, 0) is 0 Å². The molecule has 0 aromatic carbocycles. The Labute approximate surface area is 70.8 Å². The molecule has 0 bridgehead atoms. The molecule has 0 fully saturated rings. The highest BCUT2D eigenvalue weighted by Crippen LogP contribution is 2.20. The standard InChI is InChI=1S/C8H12FN3/c1-3-5(2)7-6(9)8(10)12-4-11-7/h4-5H,3H2,1-2H3,(H2,10,11,12). The van der Waals surface area contributed by atoms with Crippen LogP contribution < -0.4 is 5.73 Å². The van der Waals surface area contributed by atoms with Crippen LogP contribution in [0.3, 0.4) is 0 Å². The Morgan fingerprint density at radius 1 is 1.58 bits per heavy atom. The van der Waals surface area contributed by atoms with Crippen molar-refractivity contribution in [3.8, 4) is 0 Å². The van der Waals surface area contributed by atoms with E-state index in [9.17, 15) is 4.39 Å². The van der Waals surface area contributed by atoms with Crippen molar-refractivity contribution in [2.24, 2.45) is 0 Å². The molecule has 1 atom stereocenters. The van der Waals surface area contributed by atoms with Gasteiger partial charge < -0.3 is 5.73 Å². The summed E-state index contributed by atoms with van der Waals surface area (Å²) >= 11 is 0. The molecule has 3 nitrogen and oxygen atoms in total. The van der Waals surface area contributed by atoms with Crippen LogP contribution in [0.4, 0.5) is 10.2 Å². The summed E-state index contributed by atoms with van der Waals surface area (Å²) in [7, 11) is 0. The Hall–Kier alpha value is -1.19. The molecular weight excluding hydrogens is 157 g/mol. The molecule has 4 heteroatoms. The van der Waals surface area contributed by atoms with E-state index in [0.717, 1.165) is 6.42 Å². The minimum absolute atomic E-state index is 0.0692. The maximum atomic E-state index is 13.2. The lowest BCUT2D eigenvalue weighted by molar-refractivity contribution is 0.565. The fourth-order valence-corrected chi connectivity index (χ4v) is 0.935. The van der Waals surface area contributed by atoms with Gasteiger partial charge in [-0.15, -0.1) is 0 Å². The van der Waals surface area contributed by atoms with E-state index in [1.54, 1.807) is 0 Å². The fraction of sp³-hybridized carbons (Fsp3) is 0.500. The molecule has 0 radical (unpaired) electrons. The molecule has 1 heterocycles. The summed E-state index contributed by atoms with van der Waals surface area (Å²) in [5, 5.41) is 0. The van der Waals surface area contributed by atoms with E-state index < -0.39 is 5.82 Å². The molecule has 1 rings (SSSR count). The Balaban J connectivity index is 3.07. The highest BCUT2D eigenvalue weighted by atomic mass is 19.1. The Morgan fingerprint density at radius 3 is 2.83 bits per heavy atom. The second-order valence-electron chi connectivity index (χ2n) is 2.77. The van der Waals surface area contributed by atoms with Gasteiger partial charge in [0.15, 0.2) is 11.6 Å². The van der Waals surface area contributed by atoms with Gasteiger partial charge in [-0.05, 0) is 6.42 Å². The predicted octanol–water partition coefficient (Wildman–Crippen LogP) is 1.71. The van der Waals surface area contributed by atoms with E-state index in [0.29, 0.717) is 5.69 Å². The number of anilines is 1. The van der Waals surface area contributed by atoms with Crippen LogP contribution in [-0.4, -0.2) is 9.97 Å². The van der Waals surface area contributed by atoms with Gasteiger partial charge in [0.2, 0.25) is 0 Å². The molecule has 0 aliphatic rings. The van der Waals surface area contributed by atoms with Crippen LogP contribution in [0, 0.1) is 5.82 Å². The smallest absolute Gasteiger partial charge is 0.186 e. The number of aromatic nitrogens is 2. The summed E-state index contributed by atoms with van der Waals surface area (Å²) in [5.74, 6) is -0.456. The molecule has 0 saturated heterocycles. The molecule has 1 unspecified atom stereocenters.